The van der Waals surface area contributed by atoms with Gasteiger partial charge in [0.05, 0.1) is 22.3 Å². The van der Waals surface area contributed by atoms with Crippen LogP contribution in [-0.4, -0.2) is 4.98 Å². The van der Waals surface area contributed by atoms with E-state index in [0.29, 0.717) is 11.8 Å². The van der Waals surface area contributed by atoms with Crippen LogP contribution in [0.2, 0.25) is 0 Å². The highest BCUT2D eigenvalue weighted by Crippen LogP contribution is 2.32. The first kappa shape index (κ1) is 15.9. The monoisotopic (exact) mass is 319 g/mol. The largest absolute Gasteiger partial charge is 0.416 e. The van der Waals surface area contributed by atoms with Gasteiger partial charge in [-0.15, -0.1) is 11.3 Å². The summed E-state index contributed by atoms with van der Waals surface area (Å²) < 4.78 is 52.0. The molecule has 0 radical (unpaired) electrons. The minimum absolute atomic E-state index is 0.127. The van der Waals surface area contributed by atoms with Gasteiger partial charge in [-0.25, -0.2) is 9.37 Å². The number of nitrogens with one attached hydrogen (secondary N) is 1. The van der Waals surface area contributed by atoms with Gasteiger partial charge in [0.15, 0.2) is 0 Å². The maximum Gasteiger partial charge on any atom is 0.416 e. The lowest BCUT2D eigenvalue weighted by atomic mass is 10.00. The third kappa shape index (κ3) is 3.78. The number of halogens is 4. The summed E-state index contributed by atoms with van der Waals surface area (Å²) in [4.78, 5) is 4.20. The van der Waals surface area contributed by atoms with Crippen LogP contribution in [0.25, 0.3) is 0 Å². The molecule has 114 valence electrons. The van der Waals surface area contributed by atoms with Crippen molar-refractivity contribution in [2.45, 2.75) is 25.6 Å². The summed E-state index contributed by atoms with van der Waals surface area (Å²) in [6.45, 7) is 1.81. The number of hydrogen-bond donors (Lipinski definition) is 2. The molecule has 3 nitrogen and oxygen atoms in total. The third-order valence-corrected chi connectivity index (χ3v) is 3.80. The SMILES string of the molecule is Cc1nc(CC(NN)c2cc(C(F)(F)F)ccc2F)cs1. The van der Waals surface area contributed by atoms with E-state index in [2.05, 4.69) is 10.4 Å². The fraction of sp³-hybridized carbons (Fsp3) is 0.308. The number of nitrogens with zero attached hydrogens (tertiary/aromatic N) is 1. The molecule has 0 fully saturated rings. The van der Waals surface area contributed by atoms with Gasteiger partial charge in [-0.3, -0.25) is 11.3 Å². The molecular formula is C13H13F4N3S. The summed E-state index contributed by atoms with van der Waals surface area (Å²) in [6.07, 6.45) is -4.32. The molecule has 0 bridgehead atoms. The molecule has 1 aromatic heterocycles. The highest BCUT2D eigenvalue weighted by molar-refractivity contribution is 7.09. The van der Waals surface area contributed by atoms with Crippen molar-refractivity contribution in [3.63, 3.8) is 0 Å². The molecule has 3 N–H and O–H groups in total. The molecule has 21 heavy (non-hydrogen) atoms. The first-order valence-electron chi connectivity index (χ1n) is 6.05. The fourth-order valence-electron chi connectivity index (χ4n) is 1.96. The quantitative estimate of drug-likeness (QED) is 0.516. The predicted octanol–water partition coefficient (Wildman–Crippen LogP) is 3.36. The molecule has 2 rings (SSSR count). The van der Waals surface area contributed by atoms with Crippen molar-refractivity contribution in [2.75, 3.05) is 0 Å². The number of alkyl halides is 3. The molecule has 0 aliphatic rings. The molecule has 0 saturated carbocycles. The molecule has 0 aliphatic carbocycles. The molecule has 0 spiro atoms. The molecule has 1 unspecified atom stereocenters. The van der Waals surface area contributed by atoms with E-state index >= 15 is 0 Å². The predicted molar refractivity (Wildman–Crippen MR) is 72.0 cm³/mol. The highest BCUT2D eigenvalue weighted by atomic mass is 32.1. The van der Waals surface area contributed by atoms with Gasteiger partial charge in [-0.2, -0.15) is 13.2 Å². The first-order valence-corrected chi connectivity index (χ1v) is 6.93. The minimum Gasteiger partial charge on any atom is -0.271 e. The molecule has 2 aromatic rings. The zero-order chi connectivity index (χ0) is 15.6. The number of benzene rings is 1. The molecule has 1 heterocycles. The zero-order valence-corrected chi connectivity index (χ0v) is 11.9. The molecule has 1 atom stereocenters. The lowest BCUT2D eigenvalue weighted by Crippen LogP contribution is -2.30. The first-order chi connectivity index (χ1) is 9.81. The fourth-order valence-corrected chi connectivity index (χ4v) is 2.58. The second-order valence-electron chi connectivity index (χ2n) is 4.52. The Balaban J connectivity index is 2.33. The molecule has 0 saturated heterocycles. The van der Waals surface area contributed by atoms with Crippen molar-refractivity contribution >= 4 is 11.3 Å². The zero-order valence-electron chi connectivity index (χ0n) is 11.0. The Labute approximate surface area is 122 Å². The lowest BCUT2D eigenvalue weighted by molar-refractivity contribution is -0.137. The van der Waals surface area contributed by atoms with Crippen molar-refractivity contribution in [3.8, 4) is 0 Å². The van der Waals surface area contributed by atoms with Gasteiger partial charge >= 0.3 is 6.18 Å². The summed E-state index contributed by atoms with van der Waals surface area (Å²) in [6, 6.07) is 1.50. The van der Waals surface area contributed by atoms with Crippen LogP contribution in [0.3, 0.4) is 0 Å². The summed E-state index contributed by atoms with van der Waals surface area (Å²) in [5, 5.41) is 2.59. The number of hydrogen-bond acceptors (Lipinski definition) is 4. The standard InChI is InChI=1S/C13H13F4N3S/c1-7-19-9(6-21-7)5-12(20-18)10-4-8(13(15,16)17)2-3-11(10)14/h2-4,6,12,20H,5,18H2,1H3. The Bertz CT molecular complexity index is 624. The van der Waals surface area contributed by atoms with Crippen LogP contribution in [0, 0.1) is 12.7 Å². The van der Waals surface area contributed by atoms with E-state index in [1.54, 1.807) is 5.38 Å². The smallest absolute Gasteiger partial charge is 0.271 e. The number of aromatic nitrogens is 1. The van der Waals surface area contributed by atoms with Gasteiger partial charge in [0.1, 0.15) is 5.82 Å². The molecule has 0 aliphatic heterocycles. The molecule has 1 aromatic carbocycles. The Morgan fingerprint density at radius 3 is 2.62 bits per heavy atom. The van der Waals surface area contributed by atoms with Crippen molar-refractivity contribution in [2.24, 2.45) is 5.84 Å². The van der Waals surface area contributed by atoms with Gasteiger partial charge in [-0.1, -0.05) is 0 Å². The van der Waals surface area contributed by atoms with Crippen LogP contribution >= 0.6 is 11.3 Å². The topological polar surface area (TPSA) is 50.9 Å². The van der Waals surface area contributed by atoms with Crippen molar-refractivity contribution in [1.82, 2.24) is 10.4 Å². The van der Waals surface area contributed by atoms with Gasteiger partial charge in [-0.05, 0) is 25.1 Å². The van der Waals surface area contributed by atoms with Crippen molar-refractivity contribution < 1.29 is 17.6 Å². The molecular weight excluding hydrogens is 306 g/mol. The van der Waals surface area contributed by atoms with E-state index in [1.165, 1.54) is 11.3 Å². The van der Waals surface area contributed by atoms with Crippen LogP contribution < -0.4 is 11.3 Å². The van der Waals surface area contributed by atoms with Crippen LogP contribution in [0.15, 0.2) is 23.6 Å². The Hall–Kier alpha value is -1.51. The van der Waals surface area contributed by atoms with Gasteiger partial charge < -0.3 is 0 Å². The van der Waals surface area contributed by atoms with E-state index in [4.69, 9.17) is 5.84 Å². The van der Waals surface area contributed by atoms with Crippen LogP contribution in [-0.2, 0) is 12.6 Å². The van der Waals surface area contributed by atoms with E-state index in [0.717, 1.165) is 17.1 Å². The normalized spacial score (nSPS) is 13.4. The maximum absolute atomic E-state index is 13.8. The lowest BCUT2D eigenvalue weighted by Gasteiger charge is -2.18. The van der Waals surface area contributed by atoms with Gasteiger partial charge in [0, 0.05) is 17.4 Å². The maximum atomic E-state index is 13.8. The van der Waals surface area contributed by atoms with Gasteiger partial charge in [0.25, 0.3) is 0 Å². The van der Waals surface area contributed by atoms with Crippen LogP contribution in [0.5, 0.6) is 0 Å². The third-order valence-electron chi connectivity index (χ3n) is 2.98. The van der Waals surface area contributed by atoms with Crippen molar-refractivity contribution in [1.29, 1.82) is 0 Å². The number of nitrogens with two attached hydrogens (primary N) is 1. The van der Waals surface area contributed by atoms with E-state index in [9.17, 15) is 17.6 Å². The van der Waals surface area contributed by atoms with E-state index in [1.807, 2.05) is 6.92 Å². The Morgan fingerprint density at radius 1 is 1.38 bits per heavy atom. The second-order valence-corrected chi connectivity index (χ2v) is 5.58. The average molecular weight is 319 g/mol. The Kier molecular flexibility index (Phi) is 4.60. The van der Waals surface area contributed by atoms with Gasteiger partial charge in [0.2, 0.25) is 0 Å². The summed E-state index contributed by atoms with van der Waals surface area (Å²) in [7, 11) is 0. The number of aryl methyl sites for hydroxylation is 1. The summed E-state index contributed by atoms with van der Waals surface area (Å²) in [5.74, 6) is 4.63. The van der Waals surface area contributed by atoms with Crippen LogP contribution in [0.4, 0.5) is 17.6 Å². The van der Waals surface area contributed by atoms with Crippen molar-refractivity contribution in [3.05, 3.63) is 51.2 Å². The number of thiazole rings is 1. The van der Waals surface area contributed by atoms with E-state index < -0.39 is 23.6 Å². The van der Waals surface area contributed by atoms with E-state index in [-0.39, 0.29) is 12.0 Å². The minimum atomic E-state index is -4.53. The highest BCUT2D eigenvalue weighted by Gasteiger charge is 2.32. The number of hydrazine groups is 1. The molecule has 0 amide bonds. The summed E-state index contributed by atoms with van der Waals surface area (Å²) in [5.41, 5.74) is 1.97. The average Bonchev–Trinajstić information content (AvgIpc) is 2.81. The number of rotatable bonds is 4. The molecule has 8 heteroatoms. The van der Waals surface area contributed by atoms with Crippen LogP contribution in [0.1, 0.15) is 27.9 Å². The summed E-state index contributed by atoms with van der Waals surface area (Å²) >= 11 is 1.41. The Morgan fingerprint density at radius 2 is 2.10 bits per heavy atom. The second kappa shape index (κ2) is 6.08.